The minimum Gasteiger partial charge on any atom is -0.463 e. The van der Waals surface area contributed by atoms with Gasteiger partial charge in [0, 0.05) is 6.92 Å². The SMILES string of the molecule is CCCCC(OC(C)=O)C(=O)OCC. The lowest BCUT2D eigenvalue weighted by Crippen LogP contribution is -2.28. The van der Waals surface area contributed by atoms with Crippen LogP contribution in [-0.4, -0.2) is 24.6 Å². The molecule has 1 atom stereocenters. The van der Waals surface area contributed by atoms with Gasteiger partial charge >= 0.3 is 11.9 Å². The maximum absolute atomic E-state index is 11.3. The van der Waals surface area contributed by atoms with Gasteiger partial charge in [-0.3, -0.25) is 4.79 Å². The molecule has 0 fully saturated rings. The topological polar surface area (TPSA) is 52.6 Å². The van der Waals surface area contributed by atoms with Crippen LogP contribution < -0.4 is 0 Å². The molecule has 0 heterocycles. The fourth-order valence-corrected chi connectivity index (χ4v) is 1.05. The highest BCUT2D eigenvalue weighted by atomic mass is 16.6. The zero-order chi connectivity index (χ0) is 11.0. The lowest BCUT2D eigenvalue weighted by molar-refractivity contribution is -0.166. The second-order valence-electron chi connectivity index (χ2n) is 2.99. The molecule has 0 rings (SSSR count). The van der Waals surface area contributed by atoms with Crippen molar-refractivity contribution in [2.75, 3.05) is 6.61 Å². The van der Waals surface area contributed by atoms with Gasteiger partial charge in [0.2, 0.25) is 0 Å². The molecule has 0 amide bonds. The quantitative estimate of drug-likeness (QED) is 0.615. The maximum Gasteiger partial charge on any atom is 0.347 e. The standard InChI is InChI=1S/C10H18O4/c1-4-6-7-9(14-8(3)11)10(12)13-5-2/h9H,4-7H2,1-3H3. The molecule has 0 saturated heterocycles. The van der Waals surface area contributed by atoms with Gasteiger partial charge in [-0.05, 0) is 19.8 Å². The summed E-state index contributed by atoms with van der Waals surface area (Å²) < 4.78 is 9.64. The Hall–Kier alpha value is -1.06. The summed E-state index contributed by atoms with van der Waals surface area (Å²) in [5.74, 6) is -0.893. The molecule has 14 heavy (non-hydrogen) atoms. The Morgan fingerprint density at radius 1 is 1.29 bits per heavy atom. The Balaban J connectivity index is 4.08. The molecular formula is C10H18O4. The van der Waals surface area contributed by atoms with Crippen molar-refractivity contribution >= 4 is 11.9 Å². The summed E-state index contributed by atoms with van der Waals surface area (Å²) in [6, 6.07) is 0. The summed E-state index contributed by atoms with van der Waals surface area (Å²) in [6.07, 6.45) is 1.61. The van der Waals surface area contributed by atoms with E-state index in [-0.39, 0.29) is 0 Å². The first-order valence-electron chi connectivity index (χ1n) is 4.95. The molecule has 0 aromatic carbocycles. The number of unbranched alkanes of at least 4 members (excludes halogenated alkanes) is 1. The van der Waals surface area contributed by atoms with E-state index in [0.29, 0.717) is 13.0 Å². The summed E-state index contributed by atoms with van der Waals surface area (Å²) in [4.78, 5) is 22.0. The number of carbonyl (C=O) groups is 2. The molecule has 1 unspecified atom stereocenters. The van der Waals surface area contributed by atoms with Gasteiger partial charge in [0.05, 0.1) is 6.61 Å². The molecule has 0 aliphatic heterocycles. The van der Waals surface area contributed by atoms with Crippen molar-refractivity contribution in [2.24, 2.45) is 0 Å². The van der Waals surface area contributed by atoms with Gasteiger partial charge in [-0.15, -0.1) is 0 Å². The van der Waals surface area contributed by atoms with E-state index in [4.69, 9.17) is 9.47 Å². The number of ether oxygens (including phenoxy) is 2. The smallest absolute Gasteiger partial charge is 0.347 e. The monoisotopic (exact) mass is 202 g/mol. The zero-order valence-electron chi connectivity index (χ0n) is 9.04. The molecule has 0 aliphatic carbocycles. The van der Waals surface area contributed by atoms with Crippen LogP contribution in [0.5, 0.6) is 0 Å². The minimum absolute atomic E-state index is 0.308. The predicted molar refractivity (Wildman–Crippen MR) is 51.7 cm³/mol. The van der Waals surface area contributed by atoms with Gasteiger partial charge in [0.1, 0.15) is 0 Å². The average molecular weight is 202 g/mol. The van der Waals surface area contributed by atoms with Gasteiger partial charge in [-0.2, -0.15) is 0 Å². The number of rotatable bonds is 6. The van der Waals surface area contributed by atoms with E-state index < -0.39 is 18.0 Å². The van der Waals surface area contributed by atoms with Crippen LogP contribution in [0.1, 0.15) is 40.0 Å². The molecule has 0 radical (unpaired) electrons. The van der Waals surface area contributed by atoms with E-state index in [1.54, 1.807) is 6.92 Å². The molecule has 0 N–H and O–H groups in total. The number of esters is 2. The normalized spacial score (nSPS) is 11.9. The van der Waals surface area contributed by atoms with E-state index in [0.717, 1.165) is 12.8 Å². The van der Waals surface area contributed by atoms with Crippen molar-refractivity contribution in [1.82, 2.24) is 0 Å². The Bertz CT molecular complexity index is 189. The molecule has 82 valence electrons. The van der Waals surface area contributed by atoms with Crippen LogP contribution in [0.25, 0.3) is 0 Å². The van der Waals surface area contributed by atoms with E-state index in [2.05, 4.69) is 0 Å². The summed E-state index contributed by atoms with van der Waals surface area (Å²) >= 11 is 0. The summed E-state index contributed by atoms with van der Waals surface area (Å²) in [5.41, 5.74) is 0. The van der Waals surface area contributed by atoms with Crippen molar-refractivity contribution in [2.45, 2.75) is 46.1 Å². The molecular weight excluding hydrogens is 184 g/mol. The minimum atomic E-state index is -0.729. The average Bonchev–Trinajstić information content (AvgIpc) is 2.12. The molecule has 0 aliphatic rings. The van der Waals surface area contributed by atoms with Gasteiger partial charge in [0.15, 0.2) is 6.10 Å². The highest BCUT2D eigenvalue weighted by Crippen LogP contribution is 2.07. The molecule has 0 saturated carbocycles. The van der Waals surface area contributed by atoms with Gasteiger partial charge in [-0.25, -0.2) is 4.79 Å². The van der Waals surface area contributed by atoms with Crippen molar-refractivity contribution in [1.29, 1.82) is 0 Å². The Kier molecular flexibility index (Phi) is 6.80. The fourth-order valence-electron chi connectivity index (χ4n) is 1.05. The van der Waals surface area contributed by atoms with Gasteiger partial charge in [0.25, 0.3) is 0 Å². The van der Waals surface area contributed by atoms with Crippen LogP contribution >= 0.6 is 0 Å². The third-order valence-electron chi connectivity index (χ3n) is 1.68. The zero-order valence-corrected chi connectivity index (χ0v) is 9.04. The summed E-state index contributed by atoms with van der Waals surface area (Å²) in [5, 5.41) is 0. The Morgan fingerprint density at radius 2 is 1.93 bits per heavy atom. The van der Waals surface area contributed by atoms with E-state index in [9.17, 15) is 9.59 Å². The van der Waals surface area contributed by atoms with E-state index in [1.165, 1.54) is 6.92 Å². The Morgan fingerprint density at radius 3 is 2.36 bits per heavy atom. The summed E-state index contributed by atoms with van der Waals surface area (Å²) in [7, 11) is 0. The van der Waals surface area contributed by atoms with E-state index >= 15 is 0 Å². The van der Waals surface area contributed by atoms with Crippen molar-refractivity contribution in [3.05, 3.63) is 0 Å². The van der Waals surface area contributed by atoms with Crippen LogP contribution in [0, 0.1) is 0 Å². The highest BCUT2D eigenvalue weighted by molar-refractivity contribution is 5.78. The first kappa shape index (κ1) is 12.9. The second-order valence-corrected chi connectivity index (χ2v) is 2.99. The summed E-state index contributed by atoms with van der Waals surface area (Å²) in [6.45, 7) is 5.33. The third kappa shape index (κ3) is 5.56. The first-order valence-corrected chi connectivity index (χ1v) is 4.95. The Labute approximate surface area is 84.6 Å². The van der Waals surface area contributed by atoms with Gasteiger partial charge in [-0.1, -0.05) is 13.3 Å². The number of hydrogen-bond acceptors (Lipinski definition) is 4. The molecule has 0 bridgehead atoms. The van der Waals surface area contributed by atoms with Crippen LogP contribution in [0.4, 0.5) is 0 Å². The molecule has 4 nitrogen and oxygen atoms in total. The molecule has 0 aromatic rings. The predicted octanol–water partition coefficient (Wildman–Crippen LogP) is 1.67. The van der Waals surface area contributed by atoms with Crippen LogP contribution in [0.3, 0.4) is 0 Å². The third-order valence-corrected chi connectivity index (χ3v) is 1.68. The maximum atomic E-state index is 11.3. The molecule has 4 heteroatoms. The lowest BCUT2D eigenvalue weighted by Gasteiger charge is -2.14. The van der Waals surface area contributed by atoms with E-state index in [1.807, 2.05) is 6.92 Å². The second kappa shape index (κ2) is 7.35. The van der Waals surface area contributed by atoms with Crippen molar-refractivity contribution < 1.29 is 19.1 Å². The fraction of sp³-hybridized carbons (Fsp3) is 0.800. The van der Waals surface area contributed by atoms with Crippen LogP contribution in [-0.2, 0) is 19.1 Å². The molecule has 0 aromatic heterocycles. The highest BCUT2D eigenvalue weighted by Gasteiger charge is 2.21. The molecule has 0 spiro atoms. The number of carbonyl (C=O) groups excluding carboxylic acids is 2. The van der Waals surface area contributed by atoms with Crippen molar-refractivity contribution in [3.8, 4) is 0 Å². The lowest BCUT2D eigenvalue weighted by atomic mass is 10.1. The first-order chi connectivity index (χ1) is 6.61. The number of hydrogen-bond donors (Lipinski definition) is 0. The van der Waals surface area contributed by atoms with Gasteiger partial charge < -0.3 is 9.47 Å². The van der Waals surface area contributed by atoms with Crippen molar-refractivity contribution in [3.63, 3.8) is 0 Å². The largest absolute Gasteiger partial charge is 0.463 e. The van der Waals surface area contributed by atoms with Crippen LogP contribution in [0.2, 0.25) is 0 Å². The van der Waals surface area contributed by atoms with Crippen LogP contribution in [0.15, 0.2) is 0 Å².